The van der Waals surface area contributed by atoms with E-state index in [9.17, 15) is 19.4 Å². The lowest BCUT2D eigenvalue weighted by Crippen LogP contribution is -2.55. The first kappa shape index (κ1) is 13.3. The summed E-state index contributed by atoms with van der Waals surface area (Å²) in [5.41, 5.74) is 0. The van der Waals surface area contributed by atoms with Crippen molar-refractivity contribution in [3.05, 3.63) is 0 Å². The van der Waals surface area contributed by atoms with Crippen molar-refractivity contribution in [3.8, 4) is 0 Å². The van der Waals surface area contributed by atoms with E-state index in [4.69, 9.17) is 9.84 Å². The Balaban J connectivity index is 2.44. The van der Waals surface area contributed by atoms with Crippen LogP contribution in [-0.4, -0.2) is 66.0 Å². The number of carbonyl (C=O) groups is 1. The Bertz CT molecular complexity index is 236. The van der Waals surface area contributed by atoms with Gasteiger partial charge in [-0.15, -0.1) is 4.39 Å². The van der Waals surface area contributed by atoms with E-state index >= 15 is 0 Å². The smallest absolute Gasteiger partial charge is 0.437 e. The van der Waals surface area contributed by atoms with E-state index in [0.717, 1.165) is 0 Å². The number of hydrogen-bond donors (Lipinski definition) is 3. The zero-order valence-electron chi connectivity index (χ0n) is 8.28. The molecular formula is C8H13FO7. The van der Waals surface area contributed by atoms with Crippen molar-refractivity contribution in [1.82, 2.24) is 0 Å². The molecule has 0 bridgehead atoms. The summed E-state index contributed by atoms with van der Waals surface area (Å²) in [6.45, 7) is -1.23. The van der Waals surface area contributed by atoms with E-state index in [1.54, 1.807) is 0 Å². The highest BCUT2D eigenvalue weighted by molar-refractivity contribution is 5.57. The van der Waals surface area contributed by atoms with E-state index < -0.39 is 44.0 Å². The van der Waals surface area contributed by atoms with Crippen molar-refractivity contribution in [2.75, 3.05) is 20.0 Å². The zero-order chi connectivity index (χ0) is 12.1. The number of aliphatic hydroxyl groups is 3. The fourth-order valence-electron chi connectivity index (χ4n) is 1.39. The third kappa shape index (κ3) is 3.35. The van der Waals surface area contributed by atoms with Gasteiger partial charge in [0, 0.05) is 0 Å². The quantitative estimate of drug-likeness (QED) is 0.407. The summed E-state index contributed by atoms with van der Waals surface area (Å²) < 4.78 is 25.4. The molecule has 3 N–H and O–H groups in total. The van der Waals surface area contributed by atoms with Crippen molar-refractivity contribution < 1.29 is 38.7 Å². The summed E-state index contributed by atoms with van der Waals surface area (Å²) in [5, 5.41) is 27.5. The van der Waals surface area contributed by atoms with Crippen molar-refractivity contribution >= 4 is 6.22 Å². The normalized spacial score (nSPS) is 34.8. The van der Waals surface area contributed by atoms with Crippen molar-refractivity contribution in [3.63, 3.8) is 0 Å². The van der Waals surface area contributed by atoms with Crippen LogP contribution in [0.1, 0.15) is 0 Å². The van der Waals surface area contributed by atoms with Gasteiger partial charge in [0.25, 0.3) is 0 Å². The van der Waals surface area contributed by atoms with Gasteiger partial charge in [0.05, 0.1) is 6.61 Å². The molecule has 8 heteroatoms. The molecule has 0 aromatic rings. The number of hydrogen-bond acceptors (Lipinski definition) is 7. The van der Waals surface area contributed by atoms with Crippen molar-refractivity contribution in [1.29, 1.82) is 0 Å². The molecule has 16 heavy (non-hydrogen) atoms. The van der Waals surface area contributed by atoms with Gasteiger partial charge in [-0.25, -0.2) is 4.79 Å². The van der Waals surface area contributed by atoms with Gasteiger partial charge in [0.2, 0.25) is 0 Å². The van der Waals surface area contributed by atoms with Crippen LogP contribution in [0.2, 0.25) is 0 Å². The summed E-state index contributed by atoms with van der Waals surface area (Å²) in [4.78, 5) is 9.90. The molecule has 0 aromatic carbocycles. The van der Waals surface area contributed by atoms with Crippen LogP contribution in [0.3, 0.4) is 0 Å². The molecule has 1 heterocycles. The summed E-state index contributed by atoms with van der Waals surface area (Å²) in [5.74, 6) is 0. The van der Waals surface area contributed by atoms with E-state index in [2.05, 4.69) is 9.47 Å². The first-order valence-corrected chi connectivity index (χ1v) is 4.58. The molecule has 4 atom stereocenters. The van der Waals surface area contributed by atoms with E-state index in [1.807, 2.05) is 0 Å². The van der Waals surface area contributed by atoms with Crippen LogP contribution < -0.4 is 0 Å². The highest BCUT2D eigenvalue weighted by atomic mass is 19.1. The number of carbonyl (C=O) groups excluding carboxylic acids is 1. The molecule has 1 aliphatic heterocycles. The predicted molar refractivity (Wildman–Crippen MR) is 46.2 cm³/mol. The minimum Gasteiger partial charge on any atom is -0.437 e. The zero-order valence-corrected chi connectivity index (χ0v) is 8.28. The molecule has 0 radical (unpaired) electrons. The molecule has 1 saturated heterocycles. The molecule has 0 spiro atoms. The van der Waals surface area contributed by atoms with Crippen LogP contribution in [0.4, 0.5) is 9.18 Å². The van der Waals surface area contributed by atoms with Gasteiger partial charge >= 0.3 is 6.22 Å². The van der Waals surface area contributed by atoms with Gasteiger partial charge < -0.3 is 29.5 Å². The highest BCUT2D eigenvalue weighted by Gasteiger charge is 2.39. The third-order valence-electron chi connectivity index (χ3n) is 2.24. The van der Waals surface area contributed by atoms with E-state index in [0.29, 0.717) is 0 Å². The second-order valence-corrected chi connectivity index (χ2v) is 3.24. The largest absolute Gasteiger partial charge is 0.495 e. The van der Waals surface area contributed by atoms with Crippen LogP contribution in [0, 0.1) is 0 Å². The van der Waals surface area contributed by atoms with Crippen LogP contribution >= 0.6 is 0 Å². The molecule has 94 valence electrons. The molecule has 1 fully saturated rings. The summed E-state index contributed by atoms with van der Waals surface area (Å²) in [6.07, 6.45) is -6.57. The average Bonchev–Trinajstić information content (AvgIpc) is 2.24. The molecular weight excluding hydrogens is 227 g/mol. The lowest BCUT2D eigenvalue weighted by Gasteiger charge is -2.36. The predicted octanol–water partition coefficient (Wildman–Crippen LogP) is -1.45. The lowest BCUT2D eigenvalue weighted by molar-refractivity contribution is -0.222. The fraction of sp³-hybridized carbons (Fsp3) is 0.875. The number of halogens is 1. The minimum atomic E-state index is -1.99. The van der Waals surface area contributed by atoms with Gasteiger partial charge in [0.15, 0.2) is 0 Å². The topological polar surface area (TPSA) is 105 Å². The molecule has 0 aliphatic carbocycles. The second-order valence-electron chi connectivity index (χ2n) is 3.24. The van der Waals surface area contributed by atoms with E-state index in [-0.39, 0.29) is 6.61 Å². The molecule has 7 nitrogen and oxygen atoms in total. The van der Waals surface area contributed by atoms with Crippen LogP contribution in [0.25, 0.3) is 0 Å². The lowest BCUT2D eigenvalue weighted by atomic mass is 10.0. The average molecular weight is 240 g/mol. The molecule has 4 unspecified atom stereocenters. The maximum atomic E-state index is 11.8. The van der Waals surface area contributed by atoms with Gasteiger partial charge in [0.1, 0.15) is 37.8 Å². The Morgan fingerprint density at radius 2 is 2.12 bits per heavy atom. The van der Waals surface area contributed by atoms with Gasteiger partial charge in [-0.1, -0.05) is 0 Å². The number of aliphatic hydroxyl groups excluding tert-OH is 3. The summed E-state index contributed by atoms with van der Waals surface area (Å²) >= 11 is 0. The van der Waals surface area contributed by atoms with Gasteiger partial charge in [-0.05, 0) is 0 Å². The minimum absolute atomic E-state index is 0.104. The van der Waals surface area contributed by atoms with Gasteiger partial charge in [-0.2, -0.15) is 0 Å². The first-order valence-electron chi connectivity index (χ1n) is 4.58. The fourth-order valence-corrected chi connectivity index (χ4v) is 1.39. The Morgan fingerprint density at radius 3 is 2.69 bits per heavy atom. The van der Waals surface area contributed by atoms with Crippen molar-refractivity contribution in [2.45, 2.75) is 24.4 Å². The van der Waals surface area contributed by atoms with Crippen LogP contribution in [-0.2, 0) is 14.2 Å². The van der Waals surface area contributed by atoms with Crippen LogP contribution in [0.5, 0.6) is 0 Å². The van der Waals surface area contributed by atoms with E-state index in [1.165, 1.54) is 0 Å². The maximum absolute atomic E-state index is 11.8. The third-order valence-corrected chi connectivity index (χ3v) is 2.24. The monoisotopic (exact) mass is 240 g/mol. The number of ether oxygens (including phenoxy) is 3. The Morgan fingerprint density at radius 1 is 1.44 bits per heavy atom. The number of rotatable bonds is 4. The van der Waals surface area contributed by atoms with Crippen LogP contribution in [0.15, 0.2) is 0 Å². The molecule has 0 saturated carbocycles. The van der Waals surface area contributed by atoms with Gasteiger partial charge in [-0.3, -0.25) is 0 Å². The summed E-state index contributed by atoms with van der Waals surface area (Å²) in [6, 6.07) is 0. The first-order chi connectivity index (χ1) is 7.56. The molecule has 0 amide bonds. The van der Waals surface area contributed by atoms with Crippen molar-refractivity contribution in [2.24, 2.45) is 0 Å². The summed E-state index contributed by atoms with van der Waals surface area (Å²) in [7, 11) is 0. The Kier molecular flexibility index (Phi) is 5.03. The SMILES string of the molecule is O=C(F)OCC1OCC(OCO)C(O)C1O. The molecule has 1 aliphatic rings. The Hall–Kier alpha value is -0.800. The molecule has 1 rings (SSSR count). The highest BCUT2D eigenvalue weighted by Crippen LogP contribution is 2.18. The maximum Gasteiger partial charge on any atom is 0.495 e. The standard InChI is InChI=1S/C8H13FO7/c9-8(13)15-2-4-6(11)7(12)5(1-14-4)16-3-10/h4-7,10-12H,1-3H2. The second kappa shape index (κ2) is 6.06. The molecule has 0 aromatic heterocycles. The Labute approximate surface area is 90.3 Å².